The average molecular weight is 288 g/mol. The smallest absolute Gasteiger partial charge is 0.101 e. The predicted molar refractivity (Wildman–Crippen MR) is 86.7 cm³/mol. The summed E-state index contributed by atoms with van der Waals surface area (Å²) in [5.41, 5.74) is 3.16. The molecule has 1 aliphatic heterocycles. The summed E-state index contributed by atoms with van der Waals surface area (Å²) >= 11 is 0. The molecule has 0 radical (unpaired) electrons. The van der Waals surface area contributed by atoms with E-state index in [0.717, 1.165) is 31.9 Å². The number of piperazine rings is 1. The Morgan fingerprint density at radius 1 is 0.682 bits per heavy atom. The van der Waals surface area contributed by atoms with E-state index in [-0.39, 0.29) is 0 Å². The summed E-state index contributed by atoms with van der Waals surface area (Å²) < 4.78 is 0. The number of para-hydroxylation sites is 1. The van der Waals surface area contributed by atoms with E-state index in [2.05, 4.69) is 46.2 Å². The highest BCUT2D eigenvalue weighted by Gasteiger charge is 2.18. The highest BCUT2D eigenvalue weighted by atomic mass is 15.3. The van der Waals surface area contributed by atoms with Gasteiger partial charge in [0.25, 0.3) is 0 Å². The summed E-state index contributed by atoms with van der Waals surface area (Å²) in [4.78, 5) is 4.63. The van der Waals surface area contributed by atoms with Gasteiger partial charge in [0, 0.05) is 37.6 Å². The third-order valence-corrected chi connectivity index (χ3v) is 4.01. The van der Waals surface area contributed by atoms with Crippen molar-refractivity contribution in [2.45, 2.75) is 0 Å². The van der Waals surface area contributed by atoms with Crippen LogP contribution in [0.4, 0.5) is 11.4 Å². The first-order chi connectivity index (χ1) is 10.8. The molecule has 108 valence electrons. The Kier molecular flexibility index (Phi) is 3.94. The van der Waals surface area contributed by atoms with Crippen LogP contribution in [-0.2, 0) is 0 Å². The van der Waals surface area contributed by atoms with E-state index in [0.29, 0.717) is 11.1 Å². The molecular weight excluding hydrogens is 272 g/mol. The maximum absolute atomic E-state index is 9.14. The largest absolute Gasteiger partial charge is 0.368 e. The number of nitrogens with zero attached hydrogens (tertiary/aromatic N) is 4. The van der Waals surface area contributed by atoms with E-state index in [1.165, 1.54) is 5.69 Å². The standard InChI is InChI=1S/C18H16N4/c19-13-15-6-7-18(12-16(15)14-20)22-10-8-21(9-11-22)17-4-2-1-3-5-17/h1-7,12H,8-11H2. The second-order valence-electron chi connectivity index (χ2n) is 5.26. The van der Waals surface area contributed by atoms with Gasteiger partial charge in [0.15, 0.2) is 0 Å². The second kappa shape index (κ2) is 6.20. The van der Waals surface area contributed by atoms with Gasteiger partial charge in [-0.05, 0) is 30.3 Å². The second-order valence-corrected chi connectivity index (χ2v) is 5.26. The van der Waals surface area contributed by atoms with Crippen molar-refractivity contribution >= 4 is 11.4 Å². The van der Waals surface area contributed by atoms with Gasteiger partial charge in [-0.15, -0.1) is 0 Å². The maximum Gasteiger partial charge on any atom is 0.101 e. The topological polar surface area (TPSA) is 54.1 Å². The summed E-state index contributed by atoms with van der Waals surface area (Å²) in [6.07, 6.45) is 0. The first kappa shape index (κ1) is 14.0. The summed E-state index contributed by atoms with van der Waals surface area (Å²) in [5, 5.41) is 18.1. The quantitative estimate of drug-likeness (QED) is 0.852. The molecule has 4 nitrogen and oxygen atoms in total. The molecule has 1 saturated heterocycles. The molecule has 22 heavy (non-hydrogen) atoms. The van der Waals surface area contributed by atoms with Crippen LogP contribution in [0.15, 0.2) is 48.5 Å². The molecule has 0 saturated carbocycles. The van der Waals surface area contributed by atoms with Crippen molar-refractivity contribution < 1.29 is 0 Å². The number of hydrogen-bond donors (Lipinski definition) is 0. The van der Waals surface area contributed by atoms with Crippen molar-refractivity contribution in [2.75, 3.05) is 36.0 Å². The minimum Gasteiger partial charge on any atom is -0.368 e. The molecule has 0 amide bonds. The molecule has 0 aromatic heterocycles. The van der Waals surface area contributed by atoms with Gasteiger partial charge < -0.3 is 9.80 Å². The van der Waals surface area contributed by atoms with Crippen LogP contribution in [0.1, 0.15) is 11.1 Å². The zero-order valence-corrected chi connectivity index (χ0v) is 12.2. The van der Waals surface area contributed by atoms with Gasteiger partial charge in [-0.25, -0.2) is 0 Å². The van der Waals surface area contributed by atoms with Crippen molar-refractivity contribution in [1.29, 1.82) is 10.5 Å². The SMILES string of the molecule is N#Cc1ccc(N2CCN(c3ccccc3)CC2)cc1C#N. The van der Waals surface area contributed by atoms with Crippen LogP contribution in [0.25, 0.3) is 0 Å². The molecule has 2 aromatic carbocycles. The summed E-state index contributed by atoms with van der Waals surface area (Å²) in [5.74, 6) is 0. The van der Waals surface area contributed by atoms with Crippen molar-refractivity contribution in [2.24, 2.45) is 0 Å². The van der Waals surface area contributed by atoms with E-state index in [1.807, 2.05) is 18.2 Å². The lowest BCUT2D eigenvalue weighted by atomic mass is 10.1. The van der Waals surface area contributed by atoms with Crippen LogP contribution >= 0.6 is 0 Å². The number of hydrogen-bond acceptors (Lipinski definition) is 4. The van der Waals surface area contributed by atoms with Crippen molar-refractivity contribution in [3.05, 3.63) is 59.7 Å². The van der Waals surface area contributed by atoms with Gasteiger partial charge in [-0.3, -0.25) is 0 Å². The Bertz CT molecular complexity index is 732. The molecule has 2 aromatic rings. The first-order valence-corrected chi connectivity index (χ1v) is 7.31. The van der Waals surface area contributed by atoms with Crippen LogP contribution < -0.4 is 9.80 Å². The van der Waals surface area contributed by atoms with E-state index >= 15 is 0 Å². The minimum absolute atomic E-state index is 0.439. The Balaban J connectivity index is 1.72. The van der Waals surface area contributed by atoms with E-state index in [9.17, 15) is 0 Å². The van der Waals surface area contributed by atoms with Gasteiger partial charge >= 0.3 is 0 Å². The third-order valence-electron chi connectivity index (χ3n) is 4.01. The predicted octanol–water partition coefficient (Wildman–Crippen LogP) is 2.76. The summed E-state index contributed by atoms with van der Waals surface area (Å²) in [7, 11) is 0. The Morgan fingerprint density at radius 3 is 1.86 bits per heavy atom. The lowest BCUT2D eigenvalue weighted by molar-refractivity contribution is 0.653. The molecule has 3 rings (SSSR count). The number of rotatable bonds is 2. The monoisotopic (exact) mass is 288 g/mol. The fourth-order valence-electron chi connectivity index (χ4n) is 2.78. The van der Waals surface area contributed by atoms with Crippen molar-refractivity contribution in [1.82, 2.24) is 0 Å². The van der Waals surface area contributed by atoms with Crippen molar-refractivity contribution in [3.63, 3.8) is 0 Å². The minimum atomic E-state index is 0.439. The normalized spacial score (nSPS) is 14.3. The van der Waals surface area contributed by atoms with Crippen LogP contribution in [0.2, 0.25) is 0 Å². The summed E-state index contributed by atoms with van der Waals surface area (Å²) in [6, 6.07) is 20.0. The van der Waals surface area contributed by atoms with Crippen LogP contribution in [-0.4, -0.2) is 26.2 Å². The highest BCUT2D eigenvalue weighted by Crippen LogP contribution is 2.22. The van der Waals surface area contributed by atoms with Crippen LogP contribution in [0.5, 0.6) is 0 Å². The van der Waals surface area contributed by atoms with Gasteiger partial charge in [0.2, 0.25) is 0 Å². The van der Waals surface area contributed by atoms with E-state index < -0.39 is 0 Å². The summed E-state index contributed by atoms with van der Waals surface area (Å²) in [6.45, 7) is 3.72. The Labute approximate surface area is 130 Å². The molecule has 4 heteroatoms. The van der Waals surface area contributed by atoms with Crippen LogP contribution in [0, 0.1) is 22.7 Å². The Hall–Kier alpha value is -2.98. The zero-order chi connectivity index (χ0) is 15.4. The first-order valence-electron chi connectivity index (χ1n) is 7.31. The molecule has 1 heterocycles. The molecule has 0 unspecified atom stereocenters. The molecule has 0 aliphatic carbocycles. The molecular formula is C18H16N4. The lowest BCUT2D eigenvalue weighted by Gasteiger charge is -2.37. The van der Waals surface area contributed by atoms with E-state index in [1.54, 1.807) is 6.07 Å². The molecule has 1 fully saturated rings. The molecule has 0 spiro atoms. The number of benzene rings is 2. The highest BCUT2D eigenvalue weighted by molar-refractivity contribution is 5.58. The van der Waals surface area contributed by atoms with Gasteiger partial charge in [0.1, 0.15) is 12.1 Å². The lowest BCUT2D eigenvalue weighted by Crippen LogP contribution is -2.46. The van der Waals surface area contributed by atoms with Gasteiger partial charge in [0.05, 0.1) is 11.1 Å². The average Bonchev–Trinajstić information content (AvgIpc) is 2.62. The maximum atomic E-state index is 9.14. The molecule has 0 atom stereocenters. The third kappa shape index (κ3) is 2.73. The molecule has 0 bridgehead atoms. The number of nitriles is 2. The van der Waals surface area contributed by atoms with Gasteiger partial charge in [-0.1, -0.05) is 18.2 Å². The fraction of sp³-hybridized carbons (Fsp3) is 0.222. The molecule has 0 N–H and O–H groups in total. The fourth-order valence-corrected chi connectivity index (χ4v) is 2.78. The van der Waals surface area contributed by atoms with Crippen molar-refractivity contribution in [3.8, 4) is 12.1 Å². The van der Waals surface area contributed by atoms with Crippen LogP contribution in [0.3, 0.4) is 0 Å². The molecule has 1 aliphatic rings. The Morgan fingerprint density at radius 2 is 1.27 bits per heavy atom. The number of anilines is 2. The van der Waals surface area contributed by atoms with Gasteiger partial charge in [-0.2, -0.15) is 10.5 Å². The zero-order valence-electron chi connectivity index (χ0n) is 12.2. The van der Waals surface area contributed by atoms with E-state index in [4.69, 9.17) is 10.5 Å².